The van der Waals surface area contributed by atoms with Gasteiger partial charge in [0.1, 0.15) is 11.3 Å². The SMILES string of the molecule is CC(C)c1ccccc1-c1cccc(-c2cccc(N(c3ccc(C4CCCCC4)cc3)c3cc(C4CCCCC4)c4ccc5c(N(c6ccc(C7CCCCC7)cc6)c6cccc7c6oc6c(-c8ccccc8C(C)C)cccc67)cc(C6CCCCC6)c6ccc3c4c65)c2O)c1. The lowest BCUT2D eigenvalue weighted by Crippen LogP contribution is -2.15. The van der Waals surface area contributed by atoms with E-state index in [0.29, 0.717) is 35.5 Å². The first-order chi connectivity index (χ1) is 48.2. The average Bonchev–Trinajstić information content (AvgIpc) is 1.01. The first-order valence-corrected chi connectivity index (χ1v) is 37.9. The summed E-state index contributed by atoms with van der Waals surface area (Å²) >= 11 is 0. The number of para-hydroxylation sites is 3. The Kier molecular flexibility index (Phi) is 16.9. The summed E-state index contributed by atoms with van der Waals surface area (Å²) in [5.41, 5.74) is 23.2. The van der Waals surface area contributed by atoms with Gasteiger partial charge < -0.3 is 19.3 Å². The highest BCUT2D eigenvalue weighted by atomic mass is 16.3. The zero-order valence-electron chi connectivity index (χ0n) is 58.1. The van der Waals surface area contributed by atoms with Crippen molar-refractivity contribution in [3.8, 4) is 39.1 Å². The van der Waals surface area contributed by atoms with Crippen molar-refractivity contribution in [2.75, 3.05) is 9.80 Å². The van der Waals surface area contributed by atoms with Gasteiger partial charge in [0.05, 0.1) is 22.7 Å². The molecule has 0 atom stereocenters. The van der Waals surface area contributed by atoms with Crippen LogP contribution in [0.15, 0.2) is 217 Å². The number of hydrogen-bond donors (Lipinski definition) is 1. The Balaban J connectivity index is 0.932. The van der Waals surface area contributed by atoms with E-state index >= 15 is 0 Å². The van der Waals surface area contributed by atoms with E-state index < -0.39 is 0 Å². The fraction of sp³-hybridized carbons (Fsp3) is 0.319. The zero-order chi connectivity index (χ0) is 66.0. The Morgan fingerprint density at radius 1 is 0.316 bits per heavy atom. The maximum Gasteiger partial charge on any atom is 0.159 e. The van der Waals surface area contributed by atoms with Gasteiger partial charge in [0.25, 0.3) is 0 Å². The Bertz CT molecular complexity index is 5040. The molecule has 4 heteroatoms. The summed E-state index contributed by atoms with van der Waals surface area (Å²) in [5.74, 6) is 2.94. The van der Waals surface area contributed by atoms with Crippen LogP contribution >= 0.6 is 0 Å². The summed E-state index contributed by atoms with van der Waals surface area (Å²) in [7, 11) is 0. The van der Waals surface area contributed by atoms with Crippen LogP contribution in [0, 0.1) is 0 Å². The van der Waals surface area contributed by atoms with Crippen molar-refractivity contribution in [1.29, 1.82) is 0 Å². The summed E-state index contributed by atoms with van der Waals surface area (Å²) in [6.07, 6.45) is 24.9. The van der Waals surface area contributed by atoms with Gasteiger partial charge in [0.15, 0.2) is 5.58 Å². The molecule has 98 heavy (non-hydrogen) atoms. The molecule has 17 rings (SSSR count). The molecule has 0 saturated heterocycles. The quantitative estimate of drug-likeness (QED) is 0.104. The number of benzene rings is 12. The fourth-order valence-electron chi connectivity index (χ4n) is 18.9. The number of phenolic OH excluding ortho intramolecular Hbond substituents is 1. The molecule has 4 fully saturated rings. The summed E-state index contributed by atoms with van der Waals surface area (Å²) in [6, 6.07) is 81.3. The van der Waals surface area contributed by atoms with Gasteiger partial charge in [0.2, 0.25) is 0 Å². The zero-order valence-corrected chi connectivity index (χ0v) is 58.1. The molecular formula is C94H94N2O2. The minimum atomic E-state index is 0.283. The van der Waals surface area contributed by atoms with E-state index in [4.69, 9.17) is 4.42 Å². The second kappa shape index (κ2) is 26.6. The van der Waals surface area contributed by atoms with Gasteiger partial charge in [-0.25, -0.2) is 0 Å². The Labute approximate surface area is 580 Å². The third-order valence-corrected chi connectivity index (χ3v) is 23.9. The normalized spacial score (nSPS) is 16.4. The standard InChI is InChI=1S/C94H94N2O2/c1-60(2)72-35-17-19-37-74(72)68-33-21-34-69(57-68)75-39-23-43-86(92(75)97)95(70-49-45-64(46-50-70)62-25-9-5-10-26-62)88-58-84(66-29-13-7-14-30-66)77-54-56-83-89(59-85(67-31-15-8-16-32-67)78-53-55-82(88)90(77)91(78)83)96(71-51-47-65(48-52-71)63-27-11-6-12-28-63)87-44-24-42-81-80-41-22-40-79(93(80)98-94(81)87)76-38-20-18-36-73(76)61(3)4/h17-24,33-63,66-67,97H,5-16,25-32H2,1-4H3. The molecule has 4 saturated carbocycles. The molecule has 1 heterocycles. The van der Waals surface area contributed by atoms with E-state index in [1.54, 1.807) is 0 Å². The Hall–Kier alpha value is -9.12. The highest BCUT2D eigenvalue weighted by molar-refractivity contribution is 6.30. The third-order valence-electron chi connectivity index (χ3n) is 23.9. The number of furan rings is 1. The molecule has 4 nitrogen and oxygen atoms in total. The predicted octanol–water partition coefficient (Wildman–Crippen LogP) is 28.6. The largest absolute Gasteiger partial charge is 0.505 e. The number of hydrogen-bond acceptors (Lipinski definition) is 4. The topological polar surface area (TPSA) is 39.9 Å². The second-order valence-corrected chi connectivity index (χ2v) is 30.4. The van der Waals surface area contributed by atoms with Crippen molar-refractivity contribution in [2.45, 2.75) is 192 Å². The van der Waals surface area contributed by atoms with Crippen molar-refractivity contribution in [2.24, 2.45) is 0 Å². The minimum absolute atomic E-state index is 0.283. The maximum atomic E-state index is 13.5. The molecule has 0 spiro atoms. The highest BCUT2D eigenvalue weighted by Gasteiger charge is 2.33. The van der Waals surface area contributed by atoms with Gasteiger partial charge in [-0.15, -0.1) is 0 Å². The second-order valence-electron chi connectivity index (χ2n) is 30.4. The van der Waals surface area contributed by atoms with Crippen LogP contribution in [0.2, 0.25) is 0 Å². The number of rotatable bonds is 15. The molecule has 0 bridgehead atoms. The summed E-state index contributed by atoms with van der Waals surface area (Å²) in [4.78, 5) is 5.07. The molecule has 4 aliphatic rings. The molecule has 13 aromatic rings. The van der Waals surface area contributed by atoms with Crippen LogP contribution in [0.4, 0.5) is 34.1 Å². The fourth-order valence-corrected chi connectivity index (χ4v) is 18.9. The molecule has 12 aromatic carbocycles. The van der Waals surface area contributed by atoms with Crippen LogP contribution in [0.5, 0.6) is 5.75 Å². The molecule has 492 valence electrons. The molecular weight excluding hydrogens is 1190 g/mol. The lowest BCUT2D eigenvalue weighted by atomic mass is 9.77. The molecule has 1 N–H and O–H groups in total. The van der Waals surface area contributed by atoms with Crippen LogP contribution < -0.4 is 9.80 Å². The summed E-state index contributed by atoms with van der Waals surface area (Å²) < 4.78 is 7.59. The van der Waals surface area contributed by atoms with Crippen LogP contribution in [0.25, 0.3) is 87.6 Å². The van der Waals surface area contributed by atoms with E-state index in [1.165, 1.54) is 198 Å². The lowest BCUT2D eigenvalue weighted by Gasteiger charge is -2.34. The minimum Gasteiger partial charge on any atom is -0.505 e. The molecule has 4 aliphatic carbocycles. The van der Waals surface area contributed by atoms with Crippen molar-refractivity contribution in [1.82, 2.24) is 0 Å². The smallest absolute Gasteiger partial charge is 0.159 e. The molecule has 0 aliphatic heterocycles. The monoisotopic (exact) mass is 1280 g/mol. The van der Waals surface area contributed by atoms with E-state index in [-0.39, 0.29) is 5.75 Å². The molecule has 0 radical (unpaired) electrons. The van der Waals surface area contributed by atoms with Crippen LogP contribution in [0.3, 0.4) is 0 Å². The van der Waals surface area contributed by atoms with Gasteiger partial charge in [-0.05, 0) is 219 Å². The van der Waals surface area contributed by atoms with Crippen LogP contribution in [-0.4, -0.2) is 5.11 Å². The highest BCUT2D eigenvalue weighted by Crippen LogP contribution is 2.56. The lowest BCUT2D eigenvalue weighted by molar-refractivity contribution is 0.443. The van der Waals surface area contributed by atoms with Gasteiger partial charge in [-0.2, -0.15) is 0 Å². The van der Waals surface area contributed by atoms with Gasteiger partial charge in [-0.3, -0.25) is 0 Å². The van der Waals surface area contributed by atoms with Crippen LogP contribution in [-0.2, 0) is 0 Å². The number of nitrogens with zero attached hydrogens (tertiary/aromatic N) is 2. The number of anilines is 6. The van der Waals surface area contributed by atoms with E-state index in [0.717, 1.165) is 85.5 Å². The average molecular weight is 1280 g/mol. The van der Waals surface area contributed by atoms with E-state index in [2.05, 4.69) is 250 Å². The molecule has 0 amide bonds. The Morgan fingerprint density at radius 3 is 1.24 bits per heavy atom. The van der Waals surface area contributed by atoms with E-state index in [9.17, 15) is 5.11 Å². The van der Waals surface area contributed by atoms with Crippen molar-refractivity contribution in [3.05, 3.63) is 246 Å². The van der Waals surface area contributed by atoms with Gasteiger partial charge >= 0.3 is 0 Å². The third kappa shape index (κ3) is 11.2. The summed E-state index contributed by atoms with van der Waals surface area (Å²) in [5, 5.41) is 23.6. The Morgan fingerprint density at radius 2 is 0.714 bits per heavy atom. The van der Waals surface area contributed by atoms with Crippen molar-refractivity contribution in [3.63, 3.8) is 0 Å². The first-order valence-electron chi connectivity index (χ1n) is 37.9. The predicted molar refractivity (Wildman–Crippen MR) is 416 cm³/mol. The van der Waals surface area contributed by atoms with Crippen molar-refractivity contribution >= 4 is 88.4 Å². The number of fused-ring (bicyclic) bond motifs is 3. The maximum absolute atomic E-state index is 13.5. The van der Waals surface area contributed by atoms with Gasteiger partial charge in [-0.1, -0.05) is 262 Å². The molecule has 0 unspecified atom stereocenters. The first kappa shape index (κ1) is 62.4. The summed E-state index contributed by atoms with van der Waals surface area (Å²) in [6.45, 7) is 9.15. The number of phenols is 1. The molecule has 1 aromatic heterocycles. The number of aromatic hydroxyl groups is 1. The van der Waals surface area contributed by atoms with Gasteiger partial charge in [0, 0.05) is 44.0 Å². The van der Waals surface area contributed by atoms with Crippen LogP contribution in [0.1, 0.15) is 225 Å². The van der Waals surface area contributed by atoms with E-state index in [1.807, 2.05) is 0 Å². The van der Waals surface area contributed by atoms with Crippen molar-refractivity contribution < 1.29 is 9.52 Å².